The highest BCUT2D eigenvalue weighted by Gasteiger charge is 2.26. The van der Waals surface area contributed by atoms with Gasteiger partial charge in [-0.25, -0.2) is 4.98 Å². The lowest BCUT2D eigenvalue weighted by molar-refractivity contribution is 0.0706. The number of hydrogen-bond acceptors (Lipinski definition) is 4. The highest BCUT2D eigenvalue weighted by atomic mass is 16.2. The van der Waals surface area contributed by atoms with Crippen molar-refractivity contribution >= 4 is 16.9 Å². The number of nitriles is 1. The maximum atomic E-state index is 13.0. The molecule has 1 aliphatic rings. The molecule has 0 unspecified atom stereocenters. The Balaban J connectivity index is 1.46. The van der Waals surface area contributed by atoms with Crippen molar-refractivity contribution in [3.8, 4) is 17.6 Å². The molecule has 142 valence electrons. The average Bonchev–Trinajstić information content (AvgIpc) is 3.33. The van der Waals surface area contributed by atoms with Crippen molar-refractivity contribution in [2.24, 2.45) is 7.05 Å². The van der Waals surface area contributed by atoms with Gasteiger partial charge in [0.2, 0.25) is 0 Å². The number of amides is 1. The average molecular weight is 382 g/mol. The fourth-order valence-electron chi connectivity index (χ4n) is 3.86. The van der Waals surface area contributed by atoms with E-state index in [1.165, 1.54) is 0 Å². The molecule has 0 bridgehead atoms. The van der Waals surface area contributed by atoms with Crippen LogP contribution >= 0.6 is 0 Å². The largest absolute Gasteiger partial charge is 0.331 e. The summed E-state index contributed by atoms with van der Waals surface area (Å²) in [6.45, 7) is 1.62. The van der Waals surface area contributed by atoms with Gasteiger partial charge in [0.15, 0.2) is 5.82 Å². The Morgan fingerprint density at radius 3 is 2.72 bits per heavy atom. The number of aromatic nitrogens is 4. The third-order valence-corrected chi connectivity index (χ3v) is 5.38. The molecule has 1 amide bonds. The van der Waals surface area contributed by atoms with Crippen molar-refractivity contribution in [1.29, 1.82) is 5.26 Å². The van der Waals surface area contributed by atoms with E-state index in [2.05, 4.69) is 6.07 Å². The fraction of sp³-hybridized carbons (Fsp3) is 0.182. The molecular formula is C22H18N6O. The van der Waals surface area contributed by atoms with Gasteiger partial charge in [-0.15, -0.1) is 0 Å². The molecule has 7 heteroatoms. The van der Waals surface area contributed by atoms with Crippen LogP contribution in [-0.4, -0.2) is 36.7 Å². The number of carbonyl (C=O) groups excluding carboxylic acids is 1. The number of hydrogen-bond donors (Lipinski definition) is 0. The minimum absolute atomic E-state index is 0.126. The summed E-state index contributed by atoms with van der Waals surface area (Å²) >= 11 is 0. The first-order valence-electron chi connectivity index (χ1n) is 9.42. The highest BCUT2D eigenvalue weighted by molar-refractivity contribution is 5.96. The number of nitrogens with zero attached hydrogens (tertiary/aromatic N) is 6. The van der Waals surface area contributed by atoms with E-state index in [0.29, 0.717) is 30.8 Å². The lowest BCUT2D eigenvalue weighted by Crippen LogP contribution is -2.38. The van der Waals surface area contributed by atoms with Crippen LogP contribution in [0.2, 0.25) is 0 Å². The predicted molar refractivity (Wildman–Crippen MR) is 108 cm³/mol. The van der Waals surface area contributed by atoms with Gasteiger partial charge >= 0.3 is 0 Å². The standard InChI is InChI=1S/C22H18N6O/c1-26-20-9-5-4-8-18(20)24-21(26)19-12-16-14-27(10-11-28(16)25-19)22(29)17-7-3-2-6-15(17)13-23/h2-9,12H,10-11,14H2,1H3. The van der Waals surface area contributed by atoms with Crippen LogP contribution < -0.4 is 0 Å². The second-order valence-corrected chi connectivity index (χ2v) is 7.11. The molecule has 2 aromatic carbocycles. The summed E-state index contributed by atoms with van der Waals surface area (Å²) in [5.74, 6) is 0.680. The molecule has 0 saturated carbocycles. The van der Waals surface area contributed by atoms with Crippen LogP contribution in [0.15, 0.2) is 54.6 Å². The van der Waals surface area contributed by atoms with Crippen LogP contribution in [0.1, 0.15) is 21.6 Å². The topological polar surface area (TPSA) is 79.7 Å². The van der Waals surface area contributed by atoms with Crippen molar-refractivity contribution in [3.63, 3.8) is 0 Å². The van der Waals surface area contributed by atoms with E-state index in [1.54, 1.807) is 29.2 Å². The summed E-state index contributed by atoms with van der Waals surface area (Å²) in [4.78, 5) is 19.5. The van der Waals surface area contributed by atoms with Gasteiger partial charge in [0, 0.05) is 13.6 Å². The zero-order valence-electron chi connectivity index (χ0n) is 15.9. The Kier molecular flexibility index (Phi) is 3.91. The normalized spacial score (nSPS) is 13.3. The molecule has 5 rings (SSSR count). The van der Waals surface area contributed by atoms with E-state index < -0.39 is 0 Å². The van der Waals surface area contributed by atoms with Crippen molar-refractivity contribution in [3.05, 3.63) is 71.4 Å². The molecule has 4 aromatic rings. The van der Waals surface area contributed by atoms with Gasteiger partial charge in [-0.1, -0.05) is 24.3 Å². The predicted octanol–water partition coefficient (Wildman–Crippen LogP) is 2.96. The molecule has 0 fully saturated rings. The molecular weight excluding hydrogens is 364 g/mol. The number of aryl methyl sites for hydroxylation is 1. The lowest BCUT2D eigenvalue weighted by Gasteiger charge is -2.28. The van der Waals surface area contributed by atoms with Gasteiger partial charge in [-0.2, -0.15) is 10.4 Å². The zero-order valence-corrected chi connectivity index (χ0v) is 15.9. The van der Waals surface area contributed by atoms with Crippen LogP contribution in [0, 0.1) is 11.3 Å². The van der Waals surface area contributed by atoms with Crippen LogP contribution in [0.5, 0.6) is 0 Å². The van der Waals surface area contributed by atoms with Gasteiger partial charge in [0.05, 0.1) is 47.0 Å². The van der Waals surface area contributed by atoms with E-state index in [0.717, 1.165) is 28.2 Å². The van der Waals surface area contributed by atoms with Crippen molar-refractivity contribution < 1.29 is 4.79 Å². The zero-order chi connectivity index (χ0) is 20.0. The molecule has 29 heavy (non-hydrogen) atoms. The van der Waals surface area contributed by atoms with Gasteiger partial charge in [-0.05, 0) is 30.3 Å². The maximum Gasteiger partial charge on any atom is 0.255 e. The fourth-order valence-corrected chi connectivity index (χ4v) is 3.86. The number of fused-ring (bicyclic) bond motifs is 2. The summed E-state index contributed by atoms with van der Waals surface area (Å²) < 4.78 is 3.98. The third kappa shape index (κ3) is 2.77. The van der Waals surface area contributed by atoms with Crippen molar-refractivity contribution in [1.82, 2.24) is 24.2 Å². The van der Waals surface area contributed by atoms with E-state index >= 15 is 0 Å². The number of imidazole rings is 1. The second kappa shape index (κ2) is 6.60. The van der Waals surface area contributed by atoms with E-state index in [-0.39, 0.29) is 5.91 Å². The Morgan fingerprint density at radius 2 is 1.90 bits per heavy atom. The molecule has 7 nitrogen and oxygen atoms in total. The number of benzene rings is 2. The second-order valence-electron chi connectivity index (χ2n) is 7.11. The monoisotopic (exact) mass is 382 g/mol. The van der Waals surface area contributed by atoms with Gasteiger partial charge in [-0.3, -0.25) is 9.48 Å². The first-order valence-corrected chi connectivity index (χ1v) is 9.42. The number of rotatable bonds is 2. The quantitative estimate of drug-likeness (QED) is 0.534. The molecule has 1 aliphatic heterocycles. The summed E-state index contributed by atoms with van der Waals surface area (Å²) in [7, 11) is 1.98. The summed E-state index contributed by atoms with van der Waals surface area (Å²) in [5, 5.41) is 14.0. The van der Waals surface area contributed by atoms with Crippen LogP contribution in [0.4, 0.5) is 0 Å². The Morgan fingerprint density at radius 1 is 1.10 bits per heavy atom. The third-order valence-electron chi connectivity index (χ3n) is 5.38. The molecule has 0 aliphatic carbocycles. The summed E-state index contributed by atoms with van der Waals surface area (Å²) in [6, 6.07) is 19.0. The highest BCUT2D eigenvalue weighted by Crippen LogP contribution is 2.25. The first kappa shape index (κ1) is 17.2. The van der Waals surface area contributed by atoms with Crippen LogP contribution in [0.3, 0.4) is 0 Å². The molecule has 0 saturated heterocycles. The van der Waals surface area contributed by atoms with Crippen LogP contribution in [-0.2, 0) is 20.1 Å². The Labute approximate surface area is 167 Å². The Hall–Kier alpha value is -3.92. The van der Waals surface area contributed by atoms with Gasteiger partial charge in [0.1, 0.15) is 5.69 Å². The lowest BCUT2D eigenvalue weighted by atomic mass is 10.1. The smallest absolute Gasteiger partial charge is 0.255 e. The molecule has 0 spiro atoms. The minimum atomic E-state index is -0.126. The molecule has 2 aromatic heterocycles. The van der Waals surface area contributed by atoms with Gasteiger partial charge < -0.3 is 9.47 Å². The first-order chi connectivity index (χ1) is 14.2. The number of carbonyl (C=O) groups is 1. The van der Waals surface area contributed by atoms with E-state index in [1.807, 2.05) is 46.6 Å². The van der Waals surface area contributed by atoms with E-state index in [4.69, 9.17) is 10.1 Å². The van der Waals surface area contributed by atoms with E-state index in [9.17, 15) is 10.1 Å². The van der Waals surface area contributed by atoms with Crippen molar-refractivity contribution in [2.75, 3.05) is 6.54 Å². The molecule has 0 N–H and O–H groups in total. The molecule has 0 radical (unpaired) electrons. The number of para-hydroxylation sites is 2. The maximum absolute atomic E-state index is 13.0. The SMILES string of the molecule is Cn1c(-c2cc3n(n2)CCN(C(=O)c2ccccc2C#N)C3)nc2ccccc21. The Bertz CT molecular complexity index is 1290. The molecule has 0 atom stereocenters. The van der Waals surface area contributed by atoms with Gasteiger partial charge in [0.25, 0.3) is 5.91 Å². The van der Waals surface area contributed by atoms with Crippen LogP contribution in [0.25, 0.3) is 22.6 Å². The summed E-state index contributed by atoms with van der Waals surface area (Å²) in [5.41, 5.74) is 4.58. The summed E-state index contributed by atoms with van der Waals surface area (Å²) in [6.07, 6.45) is 0. The minimum Gasteiger partial charge on any atom is -0.331 e. The molecule has 3 heterocycles. The van der Waals surface area contributed by atoms with Crippen molar-refractivity contribution in [2.45, 2.75) is 13.1 Å².